The standard InChI is InChI=1S/C23H26Cl3N7O/c1-23(20(27)34)7-5-14(6-8-23)33-19-17(11-28-21(32-19)29-13-3-2-4-13)30-22(33)31-18-15(25)9-12(24)10-16(18)26/h9-11,13-14H,2-8H2,1H3,(H2,27,34)(H,30,31)(H,28,29,32)/t14-,23+. The number of benzene rings is 1. The van der Waals surface area contributed by atoms with E-state index in [-0.39, 0.29) is 11.9 Å². The van der Waals surface area contributed by atoms with Crippen LogP contribution in [-0.4, -0.2) is 31.5 Å². The van der Waals surface area contributed by atoms with Crippen LogP contribution in [-0.2, 0) is 4.79 Å². The number of nitrogens with two attached hydrogens (primary N) is 1. The molecule has 0 atom stereocenters. The number of nitrogens with one attached hydrogen (secondary N) is 2. The van der Waals surface area contributed by atoms with E-state index in [1.165, 1.54) is 6.42 Å². The highest BCUT2D eigenvalue weighted by Crippen LogP contribution is 2.44. The lowest BCUT2D eigenvalue weighted by Crippen LogP contribution is -2.38. The molecule has 2 aliphatic carbocycles. The van der Waals surface area contributed by atoms with Gasteiger partial charge in [0.1, 0.15) is 5.52 Å². The molecule has 180 valence electrons. The summed E-state index contributed by atoms with van der Waals surface area (Å²) in [6.45, 7) is 1.94. The number of hydrogen-bond donors (Lipinski definition) is 3. The van der Waals surface area contributed by atoms with Crippen molar-refractivity contribution >= 4 is 69.5 Å². The first-order valence-corrected chi connectivity index (χ1v) is 12.6. The van der Waals surface area contributed by atoms with Gasteiger partial charge in [-0.25, -0.2) is 9.97 Å². The van der Waals surface area contributed by atoms with Gasteiger partial charge in [0.2, 0.25) is 17.8 Å². The normalized spacial score (nSPS) is 23.0. The summed E-state index contributed by atoms with van der Waals surface area (Å²) in [6.07, 6.45) is 8.08. The maximum atomic E-state index is 12.0. The van der Waals surface area contributed by atoms with Crippen LogP contribution in [0.1, 0.15) is 57.9 Å². The van der Waals surface area contributed by atoms with Crippen LogP contribution in [0.25, 0.3) is 11.2 Å². The average molecular weight is 523 g/mol. The molecule has 0 saturated heterocycles. The number of carbonyl (C=O) groups is 1. The van der Waals surface area contributed by atoms with Crippen LogP contribution in [0, 0.1) is 5.41 Å². The molecule has 11 heteroatoms. The van der Waals surface area contributed by atoms with E-state index in [0.717, 1.165) is 25.7 Å². The molecule has 0 aliphatic heterocycles. The Bertz CT molecular complexity index is 1230. The molecule has 0 unspecified atom stereocenters. The fraction of sp³-hybridized carbons (Fsp3) is 0.478. The highest BCUT2D eigenvalue weighted by atomic mass is 35.5. The minimum absolute atomic E-state index is 0.0660. The molecule has 2 saturated carbocycles. The Labute approximate surface area is 212 Å². The number of hydrogen-bond acceptors (Lipinski definition) is 6. The van der Waals surface area contributed by atoms with E-state index >= 15 is 0 Å². The van der Waals surface area contributed by atoms with Crippen molar-refractivity contribution < 1.29 is 4.79 Å². The summed E-state index contributed by atoms with van der Waals surface area (Å²) in [4.78, 5) is 26.1. The molecule has 2 aromatic heterocycles. The Kier molecular flexibility index (Phi) is 6.25. The van der Waals surface area contributed by atoms with Crippen LogP contribution in [0.5, 0.6) is 0 Å². The van der Waals surface area contributed by atoms with Gasteiger partial charge >= 0.3 is 0 Å². The zero-order valence-corrected chi connectivity index (χ0v) is 21.0. The first kappa shape index (κ1) is 23.5. The molecule has 2 heterocycles. The van der Waals surface area contributed by atoms with Gasteiger partial charge in [0.05, 0.1) is 21.9 Å². The van der Waals surface area contributed by atoms with Crippen LogP contribution in [0.2, 0.25) is 15.1 Å². The lowest BCUT2D eigenvalue weighted by atomic mass is 9.73. The third-order valence-corrected chi connectivity index (χ3v) is 7.95. The molecule has 1 amide bonds. The van der Waals surface area contributed by atoms with Gasteiger partial charge in [0.15, 0.2) is 5.65 Å². The second-order valence-electron chi connectivity index (χ2n) is 9.51. The van der Waals surface area contributed by atoms with Gasteiger partial charge in [-0.15, -0.1) is 0 Å². The van der Waals surface area contributed by atoms with Crippen molar-refractivity contribution in [3.05, 3.63) is 33.4 Å². The SMILES string of the molecule is C[C@]1(C(N)=O)CC[C@@H](n2c(Nc3c(Cl)cc(Cl)cc3Cl)nc3cnc(NC4CCC4)nc32)CC1. The summed E-state index contributed by atoms with van der Waals surface area (Å²) < 4.78 is 2.07. The van der Waals surface area contributed by atoms with Crippen LogP contribution < -0.4 is 16.4 Å². The Morgan fingerprint density at radius 2 is 1.79 bits per heavy atom. The van der Waals surface area contributed by atoms with Crippen LogP contribution in [0.4, 0.5) is 17.6 Å². The zero-order chi connectivity index (χ0) is 24.0. The molecule has 3 aromatic rings. The van der Waals surface area contributed by atoms with Gasteiger partial charge in [-0.3, -0.25) is 9.36 Å². The number of fused-ring (bicyclic) bond motifs is 1. The Hall–Kier alpha value is -2.29. The van der Waals surface area contributed by atoms with Gasteiger partial charge in [0, 0.05) is 22.5 Å². The van der Waals surface area contributed by atoms with Gasteiger partial charge in [-0.1, -0.05) is 41.7 Å². The van der Waals surface area contributed by atoms with E-state index in [0.29, 0.717) is 62.7 Å². The first-order valence-electron chi connectivity index (χ1n) is 11.5. The molecule has 2 aliphatic rings. The number of halogens is 3. The third-order valence-electron chi connectivity index (χ3n) is 7.13. The largest absolute Gasteiger partial charge is 0.369 e. The number of anilines is 3. The smallest absolute Gasteiger partial charge is 0.224 e. The summed E-state index contributed by atoms with van der Waals surface area (Å²) in [6, 6.07) is 3.73. The summed E-state index contributed by atoms with van der Waals surface area (Å²) >= 11 is 19.0. The molecule has 2 fully saturated rings. The molecule has 5 rings (SSSR count). The van der Waals surface area contributed by atoms with Gasteiger partial charge in [-0.05, 0) is 57.1 Å². The summed E-state index contributed by atoms with van der Waals surface area (Å²) in [5, 5.41) is 7.93. The van der Waals surface area contributed by atoms with Crippen molar-refractivity contribution in [1.82, 2.24) is 19.5 Å². The molecular formula is C23H26Cl3N7O. The van der Waals surface area contributed by atoms with E-state index in [1.807, 2.05) is 6.92 Å². The van der Waals surface area contributed by atoms with E-state index in [4.69, 9.17) is 50.5 Å². The highest BCUT2D eigenvalue weighted by Gasteiger charge is 2.37. The predicted molar refractivity (Wildman–Crippen MR) is 136 cm³/mol. The monoisotopic (exact) mass is 521 g/mol. The number of carbonyl (C=O) groups excluding carboxylic acids is 1. The quantitative estimate of drug-likeness (QED) is 0.361. The molecular weight excluding hydrogens is 497 g/mol. The van der Waals surface area contributed by atoms with Crippen molar-refractivity contribution in [2.24, 2.45) is 11.1 Å². The molecule has 1 aromatic carbocycles. The number of nitrogens with zero attached hydrogens (tertiary/aromatic N) is 4. The second kappa shape index (κ2) is 9.06. The lowest BCUT2D eigenvalue weighted by Gasteiger charge is -2.35. The average Bonchev–Trinajstić information content (AvgIpc) is 3.11. The van der Waals surface area contributed by atoms with Crippen LogP contribution in [0.3, 0.4) is 0 Å². The Morgan fingerprint density at radius 3 is 2.38 bits per heavy atom. The minimum Gasteiger partial charge on any atom is -0.369 e. The number of rotatable bonds is 6. The number of primary amides is 1. The predicted octanol–water partition coefficient (Wildman–Crippen LogP) is 6.10. The van der Waals surface area contributed by atoms with Gasteiger partial charge in [-0.2, -0.15) is 4.98 Å². The molecule has 34 heavy (non-hydrogen) atoms. The fourth-order valence-corrected chi connectivity index (χ4v) is 5.56. The molecule has 0 spiro atoms. The minimum atomic E-state index is -0.505. The summed E-state index contributed by atoms with van der Waals surface area (Å²) in [5.74, 6) is 0.892. The highest BCUT2D eigenvalue weighted by molar-refractivity contribution is 6.41. The van der Waals surface area contributed by atoms with E-state index in [1.54, 1.807) is 18.3 Å². The Morgan fingerprint density at radius 1 is 1.12 bits per heavy atom. The topological polar surface area (TPSA) is 111 Å². The summed E-state index contributed by atoms with van der Waals surface area (Å²) in [7, 11) is 0. The van der Waals surface area contributed by atoms with Crippen molar-refractivity contribution in [1.29, 1.82) is 0 Å². The first-order chi connectivity index (χ1) is 16.2. The summed E-state index contributed by atoms with van der Waals surface area (Å²) in [5.41, 5.74) is 7.07. The molecule has 4 N–H and O–H groups in total. The lowest BCUT2D eigenvalue weighted by molar-refractivity contribution is -0.128. The number of aromatic nitrogens is 4. The molecule has 0 bridgehead atoms. The van der Waals surface area contributed by atoms with Crippen molar-refractivity contribution in [2.75, 3.05) is 10.6 Å². The van der Waals surface area contributed by atoms with Crippen molar-refractivity contribution in [3.63, 3.8) is 0 Å². The zero-order valence-electron chi connectivity index (χ0n) is 18.7. The van der Waals surface area contributed by atoms with Crippen LogP contribution in [0.15, 0.2) is 18.3 Å². The van der Waals surface area contributed by atoms with Crippen molar-refractivity contribution in [2.45, 2.75) is 64.0 Å². The van der Waals surface area contributed by atoms with Crippen molar-refractivity contribution in [3.8, 4) is 0 Å². The maximum Gasteiger partial charge on any atom is 0.224 e. The van der Waals surface area contributed by atoms with Crippen LogP contribution >= 0.6 is 34.8 Å². The Balaban J connectivity index is 1.55. The molecule has 0 radical (unpaired) electrons. The fourth-order valence-electron chi connectivity index (χ4n) is 4.65. The maximum absolute atomic E-state index is 12.0. The van der Waals surface area contributed by atoms with Gasteiger partial charge in [0.25, 0.3) is 0 Å². The third kappa shape index (κ3) is 4.39. The van der Waals surface area contributed by atoms with E-state index < -0.39 is 5.41 Å². The van der Waals surface area contributed by atoms with E-state index in [9.17, 15) is 4.79 Å². The number of imidazole rings is 1. The van der Waals surface area contributed by atoms with E-state index in [2.05, 4.69) is 20.2 Å². The second-order valence-corrected chi connectivity index (χ2v) is 10.8. The number of amides is 1. The molecule has 8 nitrogen and oxygen atoms in total. The van der Waals surface area contributed by atoms with Gasteiger partial charge < -0.3 is 16.4 Å².